The van der Waals surface area contributed by atoms with Crippen molar-refractivity contribution in [3.8, 4) is 0 Å². The van der Waals surface area contributed by atoms with E-state index in [9.17, 15) is 4.79 Å². The molecule has 2 aliphatic rings. The van der Waals surface area contributed by atoms with Crippen molar-refractivity contribution in [1.29, 1.82) is 0 Å². The molecule has 2 fully saturated rings. The van der Waals surface area contributed by atoms with Crippen molar-refractivity contribution < 1.29 is 4.79 Å². The van der Waals surface area contributed by atoms with Gasteiger partial charge in [0.1, 0.15) is 0 Å². The lowest BCUT2D eigenvalue weighted by atomic mass is 10.0. The van der Waals surface area contributed by atoms with Gasteiger partial charge in [0.05, 0.1) is 6.04 Å². The Bertz CT molecular complexity index is 238. The van der Waals surface area contributed by atoms with E-state index < -0.39 is 0 Å². The first-order valence-electron chi connectivity index (χ1n) is 6.29. The molecule has 1 N–H and O–H groups in total. The molecule has 0 bridgehead atoms. The smallest absolute Gasteiger partial charge is 0.239 e. The number of amides is 1. The van der Waals surface area contributed by atoms with Gasteiger partial charge in [-0.3, -0.25) is 4.79 Å². The highest BCUT2D eigenvalue weighted by atomic mass is 16.2. The van der Waals surface area contributed by atoms with Gasteiger partial charge in [0.2, 0.25) is 5.91 Å². The Hall–Kier alpha value is -0.570. The molecular weight excluding hydrogens is 188 g/mol. The lowest BCUT2D eigenvalue weighted by Crippen LogP contribution is -2.53. The van der Waals surface area contributed by atoms with Crippen LogP contribution in [0.1, 0.15) is 46.0 Å². The fourth-order valence-corrected chi connectivity index (χ4v) is 2.25. The monoisotopic (exact) mass is 210 g/mol. The van der Waals surface area contributed by atoms with E-state index in [2.05, 4.69) is 24.1 Å². The number of rotatable bonds is 4. The van der Waals surface area contributed by atoms with Crippen molar-refractivity contribution in [1.82, 2.24) is 10.2 Å². The molecule has 0 aromatic rings. The van der Waals surface area contributed by atoms with Gasteiger partial charge in [-0.15, -0.1) is 0 Å². The number of hydrogen-bond donors (Lipinski definition) is 1. The highest BCUT2D eigenvalue weighted by Gasteiger charge is 2.34. The molecular formula is C12H22N2O. The van der Waals surface area contributed by atoms with Crippen LogP contribution in [0.25, 0.3) is 0 Å². The quantitative estimate of drug-likeness (QED) is 0.763. The molecule has 1 heterocycles. The van der Waals surface area contributed by atoms with Gasteiger partial charge in [-0.1, -0.05) is 6.92 Å². The van der Waals surface area contributed by atoms with Crippen molar-refractivity contribution in [3.05, 3.63) is 0 Å². The predicted octanol–water partition coefficient (Wildman–Crippen LogP) is 1.53. The van der Waals surface area contributed by atoms with Crippen molar-refractivity contribution in [2.75, 3.05) is 6.54 Å². The molecule has 2 atom stereocenters. The highest BCUT2D eigenvalue weighted by Crippen LogP contribution is 2.23. The molecule has 2 unspecified atom stereocenters. The number of carbonyl (C=O) groups excluding carboxylic acids is 1. The molecule has 1 aliphatic carbocycles. The Labute approximate surface area is 92.2 Å². The number of nitrogens with one attached hydrogen (secondary N) is 1. The van der Waals surface area contributed by atoms with E-state index in [0.717, 1.165) is 25.8 Å². The molecule has 0 spiro atoms. The molecule has 1 aliphatic heterocycles. The second-order valence-corrected chi connectivity index (χ2v) is 4.92. The van der Waals surface area contributed by atoms with Crippen LogP contribution in [0.5, 0.6) is 0 Å². The molecule has 0 radical (unpaired) electrons. The molecule has 3 nitrogen and oxygen atoms in total. The van der Waals surface area contributed by atoms with E-state index in [1.807, 2.05) is 0 Å². The Morgan fingerprint density at radius 2 is 2.20 bits per heavy atom. The lowest BCUT2D eigenvalue weighted by Gasteiger charge is -2.36. The summed E-state index contributed by atoms with van der Waals surface area (Å²) in [6, 6.07) is 1.15. The highest BCUT2D eigenvalue weighted by molar-refractivity contribution is 5.83. The zero-order valence-corrected chi connectivity index (χ0v) is 9.83. The summed E-state index contributed by atoms with van der Waals surface area (Å²) < 4.78 is 0. The van der Waals surface area contributed by atoms with Gasteiger partial charge < -0.3 is 10.2 Å². The summed E-state index contributed by atoms with van der Waals surface area (Å²) in [6.45, 7) is 5.25. The van der Waals surface area contributed by atoms with Crippen LogP contribution in [-0.2, 0) is 4.79 Å². The standard InChI is InChI=1S/C12H22N2O/c1-3-9(2)14-8-4-5-11(12(14)15)13-10-6-7-10/h9-11,13H,3-8H2,1-2H3. The number of piperidine rings is 1. The molecule has 3 heteroatoms. The lowest BCUT2D eigenvalue weighted by molar-refractivity contribution is -0.138. The third kappa shape index (κ3) is 2.51. The summed E-state index contributed by atoms with van der Waals surface area (Å²) in [4.78, 5) is 14.2. The third-order valence-corrected chi connectivity index (χ3v) is 3.61. The molecule has 15 heavy (non-hydrogen) atoms. The fourth-order valence-electron chi connectivity index (χ4n) is 2.25. The van der Waals surface area contributed by atoms with E-state index in [1.165, 1.54) is 12.8 Å². The molecule has 0 aromatic heterocycles. The molecule has 2 rings (SSSR count). The maximum Gasteiger partial charge on any atom is 0.239 e. The van der Waals surface area contributed by atoms with Gasteiger partial charge in [-0.2, -0.15) is 0 Å². The molecule has 86 valence electrons. The summed E-state index contributed by atoms with van der Waals surface area (Å²) in [5.74, 6) is 0.336. The van der Waals surface area contributed by atoms with Crippen molar-refractivity contribution in [2.45, 2.75) is 64.1 Å². The SMILES string of the molecule is CCC(C)N1CCCC(NC2CC2)C1=O. The number of hydrogen-bond acceptors (Lipinski definition) is 2. The first kappa shape index (κ1) is 10.9. The topological polar surface area (TPSA) is 32.3 Å². The van der Waals surface area contributed by atoms with Crippen molar-refractivity contribution in [3.63, 3.8) is 0 Å². The molecule has 1 amide bonds. The van der Waals surface area contributed by atoms with Crippen LogP contribution in [0.3, 0.4) is 0 Å². The van der Waals surface area contributed by atoms with Gasteiger partial charge in [0, 0.05) is 18.6 Å². The second kappa shape index (κ2) is 4.52. The summed E-state index contributed by atoms with van der Waals surface area (Å²) >= 11 is 0. The zero-order valence-electron chi connectivity index (χ0n) is 9.83. The zero-order chi connectivity index (χ0) is 10.8. The number of carbonyl (C=O) groups is 1. The minimum atomic E-state index is 0.111. The maximum absolute atomic E-state index is 12.2. The van der Waals surface area contributed by atoms with Crippen molar-refractivity contribution >= 4 is 5.91 Å². The Morgan fingerprint density at radius 3 is 2.80 bits per heavy atom. The minimum absolute atomic E-state index is 0.111. The van der Waals surface area contributed by atoms with Crippen molar-refractivity contribution in [2.24, 2.45) is 0 Å². The predicted molar refractivity (Wildman–Crippen MR) is 60.6 cm³/mol. The first-order valence-corrected chi connectivity index (χ1v) is 6.29. The largest absolute Gasteiger partial charge is 0.339 e. The molecule has 1 saturated carbocycles. The van der Waals surface area contributed by atoms with E-state index in [1.54, 1.807) is 0 Å². The number of likely N-dealkylation sites (tertiary alicyclic amines) is 1. The average Bonchev–Trinajstić information content (AvgIpc) is 3.04. The molecule has 1 saturated heterocycles. The van der Waals surface area contributed by atoms with Crippen LogP contribution in [0.4, 0.5) is 0 Å². The normalized spacial score (nSPS) is 29.3. The Balaban J connectivity index is 1.92. The fraction of sp³-hybridized carbons (Fsp3) is 0.917. The third-order valence-electron chi connectivity index (χ3n) is 3.61. The van der Waals surface area contributed by atoms with Gasteiger partial charge in [-0.05, 0) is 39.0 Å². The average molecular weight is 210 g/mol. The van der Waals surface area contributed by atoms with Gasteiger partial charge >= 0.3 is 0 Å². The maximum atomic E-state index is 12.2. The van der Waals surface area contributed by atoms with E-state index in [-0.39, 0.29) is 6.04 Å². The van der Waals surface area contributed by atoms with Crippen LogP contribution >= 0.6 is 0 Å². The van der Waals surface area contributed by atoms with Crippen LogP contribution in [-0.4, -0.2) is 35.5 Å². The summed E-state index contributed by atoms with van der Waals surface area (Å²) in [6.07, 6.45) is 5.75. The first-order chi connectivity index (χ1) is 7.22. The second-order valence-electron chi connectivity index (χ2n) is 4.92. The van der Waals surface area contributed by atoms with Crippen LogP contribution < -0.4 is 5.32 Å². The van der Waals surface area contributed by atoms with Crippen LogP contribution in [0.15, 0.2) is 0 Å². The molecule has 0 aromatic carbocycles. The number of nitrogens with zero attached hydrogens (tertiary/aromatic N) is 1. The van der Waals surface area contributed by atoms with E-state index >= 15 is 0 Å². The summed E-state index contributed by atoms with van der Waals surface area (Å²) in [7, 11) is 0. The summed E-state index contributed by atoms with van der Waals surface area (Å²) in [5, 5.41) is 3.46. The van der Waals surface area contributed by atoms with Crippen LogP contribution in [0.2, 0.25) is 0 Å². The Kier molecular flexibility index (Phi) is 3.29. The van der Waals surface area contributed by atoms with Gasteiger partial charge in [0.25, 0.3) is 0 Å². The summed E-state index contributed by atoms with van der Waals surface area (Å²) in [5.41, 5.74) is 0. The van der Waals surface area contributed by atoms with E-state index in [4.69, 9.17) is 0 Å². The minimum Gasteiger partial charge on any atom is -0.339 e. The van der Waals surface area contributed by atoms with Crippen LogP contribution in [0, 0.1) is 0 Å². The Morgan fingerprint density at radius 1 is 1.47 bits per heavy atom. The van der Waals surface area contributed by atoms with Gasteiger partial charge in [-0.25, -0.2) is 0 Å². The van der Waals surface area contributed by atoms with Gasteiger partial charge in [0.15, 0.2) is 0 Å². The van der Waals surface area contributed by atoms with E-state index in [0.29, 0.717) is 18.0 Å².